The second-order valence-electron chi connectivity index (χ2n) is 3.77. The molecule has 0 heterocycles. The number of benzene rings is 2. The van der Waals surface area contributed by atoms with Crippen molar-refractivity contribution in [2.75, 3.05) is 5.32 Å². The number of nitriles is 1. The van der Waals surface area contributed by atoms with E-state index in [-0.39, 0.29) is 0 Å². The van der Waals surface area contributed by atoms with E-state index in [4.69, 9.17) is 5.26 Å². The Bertz CT molecular complexity index is 585. The monoisotopic (exact) mass is 334 g/mol. The maximum atomic E-state index is 9.06. The van der Waals surface area contributed by atoms with E-state index in [1.54, 1.807) is 0 Å². The first-order valence-corrected chi connectivity index (χ1v) is 6.31. The Kier molecular flexibility index (Phi) is 3.64. The Morgan fingerprint density at radius 1 is 1.12 bits per heavy atom. The van der Waals surface area contributed by atoms with Crippen LogP contribution in [0.3, 0.4) is 0 Å². The maximum Gasteiger partial charge on any atom is 0.101 e. The van der Waals surface area contributed by atoms with Crippen LogP contribution in [0.1, 0.15) is 11.1 Å². The molecule has 0 saturated heterocycles. The molecule has 2 aromatic rings. The van der Waals surface area contributed by atoms with E-state index in [0.29, 0.717) is 5.56 Å². The van der Waals surface area contributed by atoms with Crippen molar-refractivity contribution >= 4 is 34.0 Å². The highest BCUT2D eigenvalue weighted by Gasteiger charge is 2.04. The summed E-state index contributed by atoms with van der Waals surface area (Å²) in [6.45, 7) is 2.02. The van der Waals surface area contributed by atoms with E-state index in [9.17, 15) is 0 Å². The molecule has 1 N–H and O–H groups in total. The second-order valence-corrected chi connectivity index (χ2v) is 4.93. The van der Waals surface area contributed by atoms with Gasteiger partial charge in [0.05, 0.1) is 16.9 Å². The summed E-state index contributed by atoms with van der Waals surface area (Å²) in [4.78, 5) is 0. The highest BCUT2D eigenvalue weighted by atomic mass is 127. The van der Waals surface area contributed by atoms with Gasteiger partial charge in [0.1, 0.15) is 6.07 Å². The Balaban J connectivity index is 2.40. The molecule has 0 fully saturated rings. The first-order chi connectivity index (χ1) is 8.20. The van der Waals surface area contributed by atoms with Gasteiger partial charge in [-0.15, -0.1) is 0 Å². The Morgan fingerprint density at radius 3 is 2.59 bits per heavy atom. The third-order valence-electron chi connectivity index (χ3n) is 2.44. The zero-order chi connectivity index (χ0) is 12.3. The molecule has 17 heavy (non-hydrogen) atoms. The van der Waals surface area contributed by atoms with E-state index in [1.165, 1.54) is 0 Å². The van der Waals surface area contributed by atoms with Crippen LogP contribution in [-0.4, -0.2) is 0 Å². The molecule has 0 spiro atoms. The van der Waals surface area contributed by atoms with Crippen molar-refractivity contribution < 1.29 is 0 Å². The molecule has 0 radical (unpaired) electrons. The van der Waals surface area contributed by atoms with Gasteiger partial charge in [0.2, 0.25) is 0 Å². The van der Waals surface area contributed by atoms with Crippen molar-refractivity contribution in [1.29, 1.82) is 5.26 Å². The molecule has 2 aromatic carbocycles. The van der Waals surface area contributed by atoms with Gasteiger partial charge >= 0.3 is 0 Å². The topological polar surface area (TPSA) is 35.8 Å². The summed E-state index contributed by atoms with van der Waals surface area (Å²) in [6, 6.07) is 16.0. The van der Waals surface area contributed by atoms with E-state index in [1.807, 2.05) is 49.4 Å². The lowest BCUT2D eigenvalue weighted by Gasteiger charge is -2.10. The summed E-state index contributed by atoms with van der Waals surface area (Å²) in [5, 5.41) is 12.4. The summed E-state index contributed by atoms with van der Waals surface area (Å²) in [6.07, 6.45) is 0. The smallest absolute Gasteiger partial charge is 0.101 e. The number of para-hydroxylation sites is 1. The zero-order valence-corrected chi connectivity index (χ0v) is 11.5. The van der Waals surface area contributed by atoms with Crippen LogP contribution in [0, 0.1) is 21.8 Å². The van der Waals surface area contributed by atoms with Crippen LogP contribution in [0.5, 0.6) is 0 Å². The SMILES string of the molecule is Cc1ccc(C#N)c(Nc2ccccc2I)c1. The fourth-order valence-electron chi connectivity index (χ4n) is 1.57. The lowest BCUT2D eigenvalue weighted by molar-refractivity contribution is 1.40. The number of aryl methyl sites for hydroxylation is 1. The van der Waals surface area contributed by atoms with E-state index in [2.05, 4.69) is 34.0 Å². The van der Waals surface area contributed by atoms with Gasteiger partial charge in [-0.1, -0.05) is 18.2 Å². The van der Waals surface area contributed by atoms with Crippen LogP contribution in [-0.2, 0) is 0 Å². The maximum absolute atomic E-state index is 9.06. The number of anilines is 2. The molecule has 3 heteroatoms. The van der Waals surface area contributed by atoms with Crippen molar-refractivity contribution in [2.45, 2.75) is 6.92 Å². The predicted octanol–water partition coefficient (Wildman–Crippen LogP) is 4.21. The fraction of sp³-hybridized carbons (Fsp3) is 0.0714. The normalized spacial score (nSPS) is 9.71. The predicted molar refractivity (Wildman–Crippen MR) is 78.3 cm³/mol. The second kappa shape index (κ2) is 5.19. The van der Waals surface area contributed by atoms with E-state index in [0.717, 1.165) is 20.5 Å². The van der Waals surface area contributed by atoms with Gasteiger partial charge in [0.15, 0.2) is 0 Å². The molecule has 2 nitrogen and oxygen atoms in total. The van der Waals surface area contributed by atoms with Gasteiger partial charge < -0.3 is 5.32 Å². The number of hydrogen-bond donors (Lipinski definition) is 1. The van der Waals surface area contributed by atoms with Crippen molar-refractivity contribution in [3.05, 3.63) is 57.2 Å². The highest BCUT2D eigenvalue weighted by molar-refractivity contribution is 14.1. The molecule has 0 aliphatic rings. The standard InChI is InChI=1S/C14H11IN2/c1-10-6-7-11(9-16)14(8-10)17-13-5-3-2-4-12(13)15/h2-8,17H,1H3. The van der Waals surface area contributed by atoms with Gasteiger partial charge in [-0.2, -0.15) is 5.26 Å². The minimum atomic E-state index is 0.662. The van der Waals surface area contributed by atoms with Crippen LogP contribution in [0.4, 0.5) is 11.4 Å². The number of halogens is 1. The van der Waals surface area contributed by atoms with Crippen molar-refractivity contribution in [1.82, 2.24) is 0 Å². The molecule has 84 valence electrons. The number of nitrogens with one attached hydrogen (secondary N) is 1. The molecule has 0 saturated carbocycles. The average molecular weight is 334 g/mol. The zero-order valence-electron chi connectivity index (χ0n) is 9.37. The van der Waals surface area contributed by atoms with Crippen LogP contribution in [0.15, 0.2) is 42.5 Å². The van der Waals surface area contributed by atoms with E-state index >= 15 is 0 Å². The first-order valence-electron chi connectivity index (χ1n) is 5.23. The van der Waals surface area contributed by atoms with Crippen LogP contribution < -0.4 is 5.32 Å². The minimum absolute atomic E-state index is 0.662. The molecule has 0 aliphatic carbocycles. The lowest BCUT2D eigenvalue weighted by Crippen LogP contribution is -1.96. The van der Waals surface area contributed by atoms with Gasteiger partial charge in [-0.05, 0) is 59.3 Å². The summed E-state index contributed by atoms with van der Waals surface area (Å²) < 4.78 is 1.13. The third-order valence-corrected chi connectivity index (χ3v) is 3.38. The summed E-state index contributed by atoms with van der Waals surface area (Å²) in [5.41, 5.74) is 3.68. The van der Waals surface area contributed by atoms with Crippen LogP contribution in [0.25, 0.3) is 0 Å². The van der Waals surface area contributed by atoms with Gasteiger partial charge in [-0.3, -0.25) is 0 Å². The van der Waals surface area contributed by atoms with Crippen molar-refractivity contribution in [2.24, 2.45) is 0 Å². The highest BCUT2D eigenvalue weighted by Crippen LogP contribution is 2.25. The minimum Gasteiger partial charge on any atom is -0.354 e. The molecule has 0 aromatic heterocycles. The molecular formula is C14H11IN2. The van der Waals surface area contributed by atoms with Gasteiger partial charge in [0, 0.05) is 3.57 Å². The summed E-state index contributed by atoms with van der Waals surface area (Å²) >= 11 is 2.27. The van der Waals surface area contributed by atoms with Gasteiger partial charge in [-0.25, -0.2) is 0 Å². The molecule has 2 rings (SSSR count). The molecule has 0 amide bonds. The quantitative estimate of drug-likeness (QED) is 0.835. The van der Waals surface area contributed by atoms with Crippen LogP contribution >= 0.6 is 22.6 Å². The average Bonchev–Trinajstić information content (AvgIpc) is 2.32. The largest absolute Gasteiger partial charge is 0.354 e. The fourth-order valence-corrected chi connectivity index (χ4v) is 2.09. The number of rotatable bonds is 2. The number of nitrogens with zero attached hydrogens (tertiary/aromatic N) is 1. The molecule has 0 bridgehead atoms. The van der Waals surface area contributed by atoms with Crippen LogP contribution in [0.2, 0.25) is 0 Å². The van der Waals surface area contributed by atoms with Gasteiger partial charge in [0.25, 0.3) is 0 Å². The first kappa shape index (κ1) is 11.9. The molecular weight excluding hydrogens is 323 g/mol. The summed E-state index contributed by atoms with van der Waals surface area (Å²) in [7, 11) is 0. The lowest BCUT2D eigenvalue weighted by atomic mass is 10.1. The third kappa shape index (κ3) is 2.77. The Morgan fingerprint density at radius 2 is 1.88 bits per heavy atom. The summed E-state index contributed by atoms with van der Waals surface area (Å²) in [5.74, 6) is 0. The van der Waals surface area contributed by atoms with Crippen molar-refractivity contribution in [3.8, 4) is 6.07 Å². The molecule has 0 aliphatic heterocycles. The van der Waals surface area contributed by atoms with Crippen molar-refractivity contribution in [3.63, 3.8) is 0 Å². The Labute approximate surface area is 114 Å². The molecule has 0 atom stereocenters. The number of hydrogen-bond acceptors (Lipinski definition) is 2. The van der Waals surface area contributed by atoms with E-state index < -0.39 is 0 Å². The Hall–Kier alpha value is -1.54. The molecule has 0 unspecified atom stereocenters.